The van der Waals surface area contributed by atoms with Crippen LogP contribution in [0.15, 0.2) is 30.3 Å². The molecule has 1 saturated carbocycles. The van der Waals surface area contributed by atoms with Gasteiger partial charge in [0.1, 0.15) is 0 Å². The molecular weight excluding hydrogens is 376 g/mol. The van der Waals surface area contributed by atoms with Crippen LogP contribution < -0.4 is 0 Å². The molecule has 1 atom stereocenters. The minimum atomic E-state index is 0.216. The number of tetrazole rings is 1. The third-order valence-corrected chi connectivity index (χ3v) is 7.08. The van der Waals surface area contributed by atoms with E-state index in [0.717, 1.165) is 63.3 Å². The molecule has 7 nitrogen and oxygen atoms in total. The monoisotopic (exact) mass is 408 g/mol. The Kier molecular flexibility index (Phi) is 5.79. The van der Waals surface area contributed by atoms with Crippen LogP contribution in [0.1, 0.15) is 73.6 Å². The van der Waals surface area contributed by atoms with Gasteiger partial charge in [-0.1, -0.05) is 31.0 Å². The summed E-state index contributed by atoms with van der Waals surface area (Å²) in [6, 6.07) is 10.7. The van der Waals surface area contributed by atoms with E-state index in [1.54, 1.807) is 0 Å². The fraction of sp³-hybridized carbons (Fsp3) is 0.652. The molecule has 3 heterocycles. The summed E-state index contributed by atoms with van der Waals surface area (Å²) in [5, 5.41) is 12.4. The van der Waals surface area contributed by atoms with Gasteiger partial charge < -0.3 is 4.90 Å². The van der Waals surface area contributed by atoms with E-state index in [4.69, 9.17) is 0 Å². The SMILES string of the molecule is O=C(c1ccccc1)N1CCCCC[C@H]1C1CCN(Cc2nnnn2C2CC2)CC1. The molecule has 1 aromatic carbocycles. The number of piperidine rings is 1. The molecule has 0 spiro atoms. The summed E-state index contributed by atoms with van der Waals surface area (Å²) >= 11 is 0. The third-order valence-electron chi connectivity index (χ3n) is 7.08. The number of likely N-dealkylation sites (tertiary alicyclic amines) is 2. The molecule has 7 heteroatoms. The fourth-order valence-electron chi connectivity index (χ4n) is 5.24. The van der Waals surface area contributed by atoms with Crippen LogP contribution in [0.2, 0.25) is 0 Å². The molecule has 3 aliphatic rings. The molecule has 2 aliphatic heterocycles. The van der Waals surface area contributed by atoms with Gasteiger partial charge in [-0.05, 0) is 80.1 Å². The molecule has 0 bridgehead atoms. The Hall–Kier alpha value is -2.28. The Bertz CT molecular complexity index is 840. The van der Waals surface area contributed by atoms with Crippen molar-refractivity contribution in [2.24, 2.45) is 5.92 Å². The molecule has 30 heavy (non-hydrogen) atoms. The molecule has 0 N–H and O–H groups in total. The fourth-order valence-corrected chi connectivity index (χ4v) is 5.24. The first-order valence-electron chi connectivity index (χ1n) is 11.6. The van der Waals surface area contributed by atoms with Gasteiger partial charge in [0.2, 0.25) is 0 Å². The van der Waals surface area contributed by atoms with Crippen molar-refractivity contribution in [1.82, 2.24) is 30.0 Å². The summed E-state index contributed by atoms with van der Waals surface area (Å²) in [7, 11) is 0. The average molecular weight is 409 g/mol. The summed E-state index contributed by atoms with van der Waals surface area (Å²) in [4.78, 5) is 18.0. The first-order chi connectivity index (χ1) is 14.8. The van der Waals surface area contributed by atoms with Crippen LogP contribution in [0.4, 0.5) is 0 Å². The van der Waals surface area contributed by atoms with Crippen molar-refractivity contribution in [2.45, 2.75) is 70.0 Å². The lowest BCUT2D eigenvalue weighted by Gasteiger charge is -2.40. The molecule has 1 aromatic heterocycles. The van der Waals surface area contributed by atoms with Crippen molar-refractivity contribution in [1.29, 1.82) is 0 Å². The van der Waals surface area contributed by atoms with E-state index in [9.17, 15) is 4.79 Å². The number of amides is 1. The summed E-state index contributed by atoms with van der Waals surface area (Å²) in [5.74, 6) is 1.81. The zero-order chi connectivity index (χ0) is 20.3. The van der Waals surface area contributed by atoms with Crippen LogP contribution in [0.5, 0.6) is 0 Å². The highest BCUT2D eigenvalue weighted by molar-refractivity contribution is 5.94. The van der Waals surface area contributed by atoms with Gasteiger partial charge in [0.25, 0.3) is 5.91 Å². The molecule has 0 radical (unpaired) electrons. The Balaban J connectivity index is 1.23. The first kappa shape index (κ1) is 19.7. The van der Waals surface area contributed by atoms with Crippen LogP contribution in [0, 0.1) is 5.92 Å². The van der Waals surface area contributed by atoms with E-state index in [-0.39, 0.29) is 5.91 Å². The van der Waals surface area contributed by atoms with Gasteiger partial charge in [-0.25, -0.2) is 4.68 Å². The number of rotatable bonds is 5. The lowest BCUT2D eigenvalue weighted by Crippen LogP contribution is -2.47. The highest BCUT2D eigenvalue weighted by Crippen LogP contribution is 2.35. The maximum absolute atomic E-state index is 13.3. The quantitative estimate of drug-likeness (QED) is 0.759. The molecule has 2 saturated heterocycles. The second kappa shape index (κ2) is 8.84. The molecule has 0 unspecified atom stereocenters. The Morgan fingerprint density at radius 3 is 2.50 bits per heavy atom. The maximum atomic E-state index is 13.3. The van der Waals surface area contributed by atoms with Crippen LogP contribution >= 0.6 is 0 Å². The topological polar surface area (TPSA) is 67.2 Å². The van der Waals surface area contributed by atoms with Crippen molar-refractivity contribution < 1.29 is 4.79 Å². The Morgan fingerprint density at radius 2 is 1.73 bits per heavy atom. The van der Waals surface area contributed by atoms with Gasteiger partial charge in [0.05, 0.1) is 12.6 Å². The van der Waals surface area contributed by atoms with Crippen molar-refractivity contribution in [2.75, 3.05) is 19.6 Å². The second-order valence-electron chi connectivity index (χ2n) is 9.17. The van der Waals surface area contributed by atoms with E-state index in [1.807, 2.05) is 35.0 Å². The number of carbonyl (C=O) groups excluding carboxylic acids is 1. The Labute approximate surface area is 178 Å². The zero-order valence-corrected chi connectivity index (χ0v) is 17.7. The van der Waals surface area contributed by atoms with E-state index in [0.29, 0.717) is 18.0 Å². The van der Waals surface area contributed by atoms with Crippen LogP contribution in [-0.2, 0) is 6.54 Å². The summed E-state index contributed by atoms with van der Waals surface area (Å²) in [5.41, 5.74) is 0.828. The highest BCUT2D eigenvalue weighted by atomic mass is 16.2. The molecule has 1 amide bonds. The standard InChI is InChI=1S/C23H32N6O/c30-23(19-7-3-1-4-8-19)28-14-6-2-5-9-21(28)18-12-15-27(16-13-18)17-22-24-25-26-29(22)20-10-11-20/h1,3-4,7-8,18,20-21H,2,5-6,9-17H2/t21-/m0/s1. The smallest absolute Gasteiger partial charge is 0.254 e. The number of carbonyl (C=O) groups is 1. The average Bonchev–Trinajstić information content (AvgIpc) is 3.58. The van der Waals surface area contributed by atoms with Crippen LogP contribution in [-0.4, -0.2) is 61.6 Å². The summed E-state index contributed by atoms with van der Waals surface area (Å²) in [6.07, 6.45) is 9.43. The summed E-state index contributed by atoms with van der Waals surface area (Å²) in [6.45, 7) is 3.86. The minimum absolute atomic E-state index is 0.216. The second-order valence-corrected chi connectivity index (χ2v) is 9.17. The molecule has 3 fully saturated rings. The van der Waals surface area contributed by atoms with Gasteiger partial charge in [-0.15, -0.1) is 5.10 Å². The number of benzene rings is 1. The number of nitrogens with zero attached hydrogens (tertiary/aromatic N) is 6. The predicted octanol–water partition coefficient (Wildman–Crippen LogP) is 3.31. The number of aromatic nitrogens is 4. The largest absolute Gasteiger partial charge is 0.335 e. The first-order valence-corrected chi connectivity index (χ1v) is 11.6. The highest BCUT2D eigenvalue weighted by Gasteiger charge is 2.35. The van der Waals surface area contributed by atoms with Crippen molar-refractivity contribution in [3.63, 3.8) is 0 Å². The van der Waals surface area contributed by atoms with E-state index in [2.05, 4.69) is 25.3 Å². The normalized spacial score (nSPS) is 24.0. The molecule has 1 aliphatic carbocycles. The predicted molar refractivity (Wildman–Crippen MR) is 114 cm³/mol. The van der Waals surface area contributed by atoms with Crippen LogP contribution in [0.25, 0.3) is 0 Å². The van der Waals surface area contributed by atoms with Crippen molar-refractivity contribution >= 4 is 5.91 Å². The van der Waals surface area contributed by atoms with Gasteiger partial charge >= 0.3 is 0 Å². The zero-order valence-electron chi connectivity index (χ0n) is 17.7. The number of hydrogen-bond acceptors (Lipinski definition) is 5. The Morgan fingerprint density at radius 1 is 0.933 bits per heavy atom. The minimum Gasteiger partial charge on any atom is -0.335 e. The molecular formula is C23H32N6O. The molecule has 5 rings (SSSR count). The lowest BCUT2D eigenvalue weighted by molar-refractivity contribution is 0.0511. The number of hydrogen-bond donors (Lipinski definition) is 0. The van der Waals surface area contributed by atoms with E-state index in [1.165, 1.54) is 25.7 Å². The van der Waals surface area contributed by atoms with Crippen LogP contribution in [0.3, 0.4) is 0 Å². The third kappa shape index (κ3) is 4.26. The van der Waals surface area contributed by atoms with Crippen molar-refractivity contribution in [3.8, 4) is 0 Å². The van der Waals surface area contributed by atoms with Gasteiger partial charge in [-0.3, -0.25) is 9.69 Å². The van der Waals surface area contributed by atoms with E-state index < -0.39 is 0 Å². The van der Waals surface area contributed by atoms with Gasteiger partial charge in [0, 0.05) is 18.2 Å². The maximum Gasteiger partial charge on any atom is 0.254 e. The lowest BCUT2D eigenvalue weighted by atomic mass is 9.86. The van der Waals surface area contributed by atoms with Gasteiger partial charge in [0.15, 0.2) is 5.82 Å². The van der Waals surface area contributed by atoms with Gasteiger partial charge in [-0.2, -0.15) is 0 Å². The van der Waals surface area contributed by atoms with E-state index >= 15 is 0 Å². The van der Waals surface area contributed by atoms with Crippen molar-refractivity contribution in [3.05, 3.63) is 41.7 Å². The summed E-state index contributed by atoms with van der Waals surface area (Å²) < 4.78 is 2.03. The molecule has 2 aromatic rings. The molecule has 160 valence electrons.